The molecule has 0 spiro atoms. The zero-order valence-electron chi connectivity index (χ0n) is 19.2. The van der Waals surface area contributed by atoms with Crippen LogP contribution in [0.4, 0.5) is 5.69 Å². The molecule has 0 bridgehead atoms. The van der Waals surface area contributed by atoms with Crippen molar-refractivity contribution in [3.8, 4) is 5.75 Å². The molecule has 1 heterocycles. The van der Waals surface area contributed by atoms with Crippen molar-refractivity contribution in [1.29, 1.82) is 0 Å². The molecular formula is C27H38N2O2. The number of nitrogens with zero attached hydrogens (tertiary/aromatic N) is 2. The van der Waals surface area contributed by atoms with E-state index < -0.39 is 5.60 Å². The van der Waals surface area contributed by atoms with Crippen LogP contribution in [0.25, 0.3) is 0 Å². The first-order chi connectivity index (χ1) is 15.1. The van der Waals surface area contributed by atoms with E-state index in [1.807, 2.05) is 12.1 Å². The number of ether oxygens (including phenoxy) is 1. The maximum Gasteiger partial charge on any atom is 0.119 e. The number of fused-ring (bicyclic) bond motifs is 1. The molecule has 0 saturated carbocycles. The number of hydrogen-bond acceptors (Lipinski definition) is 4. The Kier molecular flexibility index (Phi) is 7.19. The summed E-state index contributed by atoms with van der Waals surface area (Å²) >= 11 is 0. The molecule has 1 aliphatic heterocycles. The summed E-state index contributed by atoms with van der Waals surface area (Å²) in [5.41, 5.74) is 3.65. The molecule has 0 atom stereocenters. The Labute approximate surface area is 187 Å². The summed E-state index contributed by atoms with van der Waals surface area (Å²) in [5, 5.41) is 11.2. The van der Waals surface area contributed by atoms with Crippen LogP contribution in [0, 0.1) is 0 Å². The molecule has 0 amide bonds. The molecule has 1 N–H and O–H groups in total. The van der Waals surface area contributed by atoms with E-state index in [1.54, 1.807) is 0 Å². The zero-order valence-corrected chi connectivity index (χ0v) is 19.2. The molecule has 2 aromatic carbocycles. The van der Waals surface area contributed by atoms with Gasteiger partial charge >= 0.3 is 0 Å². The first-order valence-corrected chi connectivity index (χ1v) is 12.0. The molecule has 4 heteroatoms. The topological polar surface area (TPSA) is 35.9 Å². The second-order valence-corrected chi connectivity index (χ2v) is 9.46. The van der Waals surface area contributed by atoms with Crippen LogP contribution >= 0.6 is 0 Å². The Morgan fingerprint density at radius 1 is 1.03 bits per heavy atom. The minimum atomic E-state index is -0.542. The number of aliphatic hydroxyl groups is 1. The lowest BCUT2D eigenvalue weighted by Gasteiger charge is -2.41. The molecule has 0 radical (unpaired) electrons. The number of piperidine rings is 1. The third kappa shape index (κ3) is 5.61. The molecule has 168 valence electrons. The average Bonchev–Trinajstić information content (AvgIpc) is 3.23. The van der Waals surface area contributed by atoms with E-state index in [0.717, 1.165) is 76.9 Å². The Morgan fingerprint density at radius 2 is 1.68 bits per heavy atom. The van der Waals surface area contributed by atoms with Crippen LogP contribution in [0.15, 0.2) is 48.5 Å². The summed E-state index contributed by atoms with van der Waals surface area (Å²) in [6.45, 7) is 5.82. The predicted molar refractivity (Wildman–Crippen MR) is 128 cm³/mol. The molecule has 2 aliphatic rings. The van der Waals surface area contributed by atoms with Crippen molar-refractivity contribution < 1.29 is 9.84 Å². The molecule has 0 unspecified atom stereocenters. The van der Waals surface area contributed by atoms with Gasteiger partial charge in [0.15, 0.2) is 0 Å². The van der Waals surface area contributed by atoms with E-state index in [1.165, 1.54) is 16.8 Å². The van der Waals surface area contributed by atoms with Crippen molar-refractivity contribution in [3.63, 3.8) is 0 Å². The Bertz CT molecular complexity index is 802. The van der Waals surface area contributed by atoms with Gasteiger partial charge in [0.05, 0.1) is 12.2 Å². The third-order valence-corrected chi connectivity index (χ3v) is 7.23. The monoisotopic (exact) mass is 422 g/mol. The van der Waals surface area contributed by atoms with Crippen molar-refractivity contribution in [2.24, 2.45) is 0 Å². The second-order valence-electron chi connectivity index (χ2n) is 9.46. The summed E-state index contributed by atoms with van der Waals surface area (Å²) in [5.74, 6) is 0.936. The molecule has 2 aromatic rings. The average molecular weight is 423 g/mol. The van der Waals surface area contributed by atoms with Gasteiger partial charge in [-0.15, -0.1) is 0 Å². The molecule has 31 heavy (non-hydrogen) atoms. The number of likely N-dealkylation sites (tertiary alicyclic amines) is 1. The number of rotatable bonds is 9. The normalized spacial score (nSPS) is 18.7. The largest absolute Gasteiger partial charge is 0.494 e. The maximum atomic E-state index is 11.2. The zero-order chi connectivity index (χ0) is 21.7. The predicted octanol–water partition coefficient (Wildman–Crippen LogP) is 4.69. The summed E-state index contributed by atoms with van der Waals surface area (Å²) in [6.07, 6.45) is 7.12. The van der Waals surface area contributed by atoms with Gasteiger partial charge in [-0.3, -0.25) is 4.90 Å². The number of anilines is 1. The summed E-state index contributed by atoms with van der Waals surface area (Å²) in [4.78, 5) is 4.85. The van der Waals surface area contributed by atoms with E-state index in [-0.39, 0.29) is 0 Å². The van der Waals surface area contributed by atoms with E-state index in [0.29, 0.717) is 6.04 Å². The van der Waals surface area contributed by atoms with Crippen molar-refractivity contribution in [2.45, 2.75) is 63.5 Å². The quantitative estimate of drug-likeness (QED) is 0.595. The number of hydrogen-bond donors (Lipinski definition) is 1. The standard InChI is InChI=1S/C27H38N2O2/c1-3-4-19-31-26-11-9-24(10-12-26)28(2)16-13-27(30)14-17-29(18-15-27)25-20-22-7-5-6-8-23(22)21-25/h5-12,25,30H,3-4,13-21H2,1-2H3. The lowest BCUT2D eigenvalue weighted by Crippen LogP contribution is -2.49. The van der Waals surface area contributed by atoms with Crippen LogP contribution < -0.4 is 9.64 Å². The van der Waals surface area contributed by atoms with Gasteiger partial charge in [-0.1, -0.05) is 37.6 Å². The summed E-state index contributed by atoms with van der Waals surface area (Å²) < 4.78 is 5.76. The Hall–Kier alpha value is -2.04. The highest BCUT2D eigenvalue weighted by molar-refractivity contribution is 5.48. The smallest absolute Gasteiger partial charge is 0.119 e. The first-order valence-electron chi connectivity index (χ1n) is 12.0. The highest BCUT2D eigenvalue weighted by Crippen LogP contribution is 2.32. The molecule has 1 saturated heterocycles. The van der Waals surface area contributed by atoms with Gasteiger partial charge in [0.1, 0.15) is 5.75 Å². The van der Waals surface area contributed by atoms with Crippen molar-refractivity contribution in [2.75, 3.05) is 38.2 Å². The van der Waals surface area contributed by atoms with E-state index in [2.05, 4.69) is 60.2 Å². The van der Waals surface area contributed by atoms with Crippen molar-refractivity contribution >= 4 is 5.69 Å². The first kappa shape index (κ1) is 22.2. The maximum absolute atomic E-state index is 11.2. The molecule has 1 aliphatic carbocycles. The highest BCUT2D eigenvalue weighted by atomic mass is 16.5. The molecule has 1 fully saturated rings. The lowest BCUT2D eigenvalue weighted by atomic mass is 9.87. The molecule has 4 rings (SSSR count). The molecular weight excluding hydrogens is 384 g/mol. The minimum Gasteiger partial charge on any atom is -0.494 e. The van der Waals surface area contributed by atoms with Crippen LogP contribution in [0.1, 0.15) is 50.2 Å². The van der Waals surface area contributed by atoms with Crippen LogP contribution in [-0.2, 0) is 12.8 Å². The van der Waals surface area contributed by atoms with E-state index >= 15 is 0 Å². The van der Waals surface area contributed by atoms with E-state index in [4.69, 9.17) is 4.74 Å². The van der Waals surface area contributed by atoms with Crippen molar-refractivity contribution in [3.05, 3.63) is 59.7 Å². The van der Waals surface area contributed by atoms with E-state index in [9.17, 15) is 5.11 Å². The summed E-state index contributed by atoms with van der Waals surface area (Å²) in [7, 11) is 2.11. The number of benzene rings is 2. The fourth-order valence-electron chi connectivity index (χ4n) is 4.99. The SMILES string of the molecule is CCCCOc1ccc(N(C)CCC2(O)CCN(C3Cc4ccccc4C3)CC2)cc1. The third-order valence-electron chi connectivity index (χ3n) is 7.23. The van der Waals surface area contributed by atoms with Gasteiger partial charge in [-0.05, 0) is 73.9 Å². The van der Waals surface area contributed by atoms with Gasteiger partial charge in [0, 0.05) is 38.4 Å². The van der Waals surface area contributed by atoms with Crippen LogP contribution in [0.3, 0.4) is 0 Å². The fourth-order valence-corrected chi connectivity index (χ4v) is 4.99. The molecule has 4 nitrogen and oxygen atoms in total. The second kappa shape index (κ2) is 10.1. The summed E-state index contributed by atoms with van der Waals surface area (Å²) in [6, 6.07) is 17.8. The lowest BCUT2D eigenvalue weighted by molar-refractivity contribution is -0.0342. The van der Waals surface area contributed by atoms with Crippen LogP contribution in [0.5, 0.6) is 5.75 Å². The van der Waals surface area contributed by atoms with Crippen molar-refractivity contribution in [1.82, 2.24) is 4.90 Å². The van der Waals surface area contributed by atoms with Gasteiger partial charge < -0.3 is 14.7 Å². The number of unbranched alkanes of at least 4 members (excludes halogenated alkanes) is 1. The van der Waals surface area contributed by atoms with Gasteiger partial charge in [0.25, 0.3) is 0 Å². The Morgan fingerprint density at radius 3 is 2.29 bits per heavy atom. The molecule has 0 aromatic heterocycles. The minimum absolute atomic E-state index is 0.542. The van der Waals surface area contributed by atoms with Gasteiger partial charge in [-0.2, -0.15) is 0 Å². The van der Waals surface area contributed by atoms with Gasteiger partial charge in [0.2, 0.25) is 0 Å². The van der Waals surface area contributed by atoms with Crippen LogP contribution in [-0.4, -0.2) is 54.9 Å². The fraction of sp³-hybridized carbons (Fsp3) is 0.556. The van der Waals surface area contributed by atoms with Gasteiger partial charge in [-0.25, -0.2) is 0 Å². The van der Waals surface area contributed by atoms with Crippen LogP contribution in [0.2, 0.25) is 0 Å². The highest BCUT2D eigenvalue weighted by Gasteiger charge is 2.36. The Balaban J connectivity index is 1.22.